The molecule has 1 aromatic rings. The lowest BCUT2D eigenvalue weighted by Gasteiger charge is -2.25. The van der Waals surface area contributed by atoms with Crippen LogP contribution >= 0.6 is 0 Å². The molecule has 0 saturated carbocycles. The Kier molecular flexibility index (Phi) is 2.02. The lowest BCUT2D eigenvalue weighted by atomic mass is 9.77. The van der Waals surface area contributed by atoms with Crippen LogP contribution in [0.25, 0.3) is 0 Å². The number of rotatable bonds is 0. The summed E-state index contributed by atoms with van der Waals surface area (Å²) in [6.07, 6.45) is 0. The fourth-order valence-electron chi connectivity index (χ4n) is 1.92. The van der Waals surface area contributed by atoms with Crippen molar-refractivity contribution in [3.05, 3.63) is 29.6 Å². The van der Waals surface area contributed by atoms with E-state index in [4.69, 9.17) is 4.74 Å². The first-order valence-electron chi connectivity index (χ1n) is 4.91. The Morgan fingerprint density at radius 1 is 1.36 bits per heavy atom. The second-order valence-corrected chi connectivity index (χ2v) is 4.88. The first-order valence-corrected chi connectivity index (χ1v) is 4.91. The standard InChI is InChI=1S/C12H15FO/c1-12(2,3)8-7-14-10-6-4-5-9(13)11(8)10/h4-6,8H,7H2,1-3H3. The maximum absolute atomic E-state index is 13.6. The molecule has 0 aliphatic carbocycles. The quantitative estimate of drug-likeness (QED) is 0.615. The molecule has 1 aromatic carbocycles. The predicted molar refractivity (Wildman–Crippen MR) is 54.1 cm³/mol. The van der Waals surface area contributed by atoms with E-state index in [2.05, 4.69) is 20.8 Å². The minimum atomic E-state index is -0.139. The number of ether oxygens (including phenoxy) is 1. The Hall–Kier alpha value is -1.05. The van der Waals surface area contributed by atoms with Crippen LogP contribution in [-0.4, -0.2) is 6.61 Å². The Balaban J connectivity index is 2.48. The summed E-state index contributed by atoms with van der Waals surface area (Å²) >= 11 is 0. The third-order valence-corrected chi connectivity index (χ3v) is 2.81. The van der Waals surface area contributed by atoms with Gasteiger partial charge in [-0.05, 0) is 17.5 Å². The smallest absolute Gasteiger partial charge is 0.130 e. The molecule has 1 aliphatic heterocycles. The molecule has 1 heterocycles. The molecule has 1 aliphatic rings. The predicted octanol–water partition coefficient (Wildman–Crippen LogP) is 3.35. The number of hydrogen-bond donors (Lipinski definition) is 0. The average Bonchev–Trinajstić information content (AvgIpc) is 2.47. The van der Waals surface area contributed by atoms with E-state index in [1.165, 1.54) is 6.07 Å². The second kappa shape index (κ2) is 2.97. The molecule has 0 N–H and O–H groups in total. The van der Waals surface area contributed by atoms with Gasteiger partial charge < -0.3 is 4.74 Å². The van der Waals surface area contributed by atoms with Crippen LogP contribution in [-0.2, 0) is 0 Å². The van der Waals surface area contributed by atoms with Crippen LogP contribution in [0.2, 0.25) is 0 Å². The van der Waals surface area contributed by atoms with E-state index in [1.54, 1.807) is 6.07 Å². The van der Waals surface area contributed by atoms with Crippen molar-refractivity contribution in [3.8, 4) is 5.75 Å². The van der Waals surface area contributed by atoms with Crippen molar-refractivity contribution in [1.82, 2.24) is 0 Å². The minimum Gasteiger partial charge on any atom is -0.493 e. The normalized spacial score (nSPS) is 20.4. The molecule has 0 saturated heterocycles. The van der Waals surface area contributed by atoms with Crippen molar-refractivity contribution in [3.63, 3.8) is 0 Å². The van der Waals surface area contributed by atoms with Crippen LogP contribution in [0, 0.1) is 11.2 Å². The van der Waals surface area contributed by atoms with Gasteiger partial charge in [-0.15, -0.1) is 0 Å². The van der Waals surface area contributed by atoms with Crippen LogP contribution in [0.4, 0.5) is 4.39 Å². The van der Waals surface area contributed by atoms with Gasteiger partial charge in [-0.2, -0.15) is 0 Å². The highest BCUT2D eigenvalue weighted by Gasteiger charge is 2.35. The lowest BCUT2D eigenvalue weighted by molar-refractivity contribution is 0.241. The summed E-state index contributed by atoms with van der Waals surface area (Å²) in [7, 11) is 0. The number of benzene rings is 1. The molecule has 0 fully saturated rings. The molecule has 1 nitrogen and oxygen atoms in total. The van der Waals surface area contributed by atoms with Gasteiger partial charge in [0.2, 0.25) is 0 Å². The maximum atomic E-state index is 13.6. The van der Waals surface area contributed by atoms with Crippen LogP contribution in [0.1, 0.15) is 32.3 Å². The zero-order valence-electron chi connectivity index (χ0n) is 8.80. The van der Waals surface area contributed by atoms with Crippen LogP contribution in [0.3, 0.4) is 0 Å². The first kappa shape index (κ1) is 9.50. The van der Waals surface area contributed by atoms with Crippen LogP contribution < -0.4 is 4.74 Å². The summed E-state index contributed by atoms with van der Waals surface area (Å²) in [4.78, 5) is 0. The third-order valence-electron chi connectivity index (χ3n) is 2.81. The zero-order valence-corrected chi connectivity index (χ0v) is 8.80. The summed E-state index contributed by atoms with van der Waals surface area (Å²) in [6, 6.07) is 5.04. The topological polar surface area (TPSA) is 9.23 Å². The van der Waals surface area contributed by atoms with Gasteiger partial charge in [0.05, 0.1) is 6.61 Å². The van der Waals surface area contributed by atoms with E-state index in [9.17, 15) is 4.39 Å². The van der Waals surface area contributed by atoms with Crippen molar-refractivity contribution in [2.45, 2.75) is 26.7 Å². The van der Waals surface area contributed by atoms with E-state index in [-0.39, 0.29) is 17.2 Å². The Bertz CT molecular complexity index is 352. The van der Waals surface area contributed by atoms with Crippen LogP contribution in [0.5, 0.6) is 5.75 Å². The highest BCUT2D eigenvalue weighted by atomic mass is 19.1. The summed E-state index contributed by atoms with van der Waals surface area (Å²) < 4.78 is 19.1. The van der Waals surface area contributed by atoms with Crippen molar-refractivity contribution >= 4 is 0 Å². The minimum absolute atomic E-state index is 0.0491. The molecule has 76 valence electrons. The average molecular weight is 194 g/mol. The monoisotopic (exact) mass is 194 g/mol. The molecule has 2 rings (SSSR count). The van der Waals surface area contributed by atoms with E-state index in [0.29, 0.717) is 12.4 Å². The molecule has 14 heavy (non-hydrogen) atoms. The zero-order chi connectivity index (χ0) is 10.3. The molecule has 1 unspecified atom stereocenters. The number of fused-ring (bicyclic) bond motifs is 1. The highest BCUT2D eigenvalue weighted by Crippen LogP contribution is 2.45. The maximum Gasteiger partial charge on any atom is 0.130 e. The summed E-state index contributed by atoms with van der Waals surface area (Å²) in [6.45, 7) is 6.94. The van der Waals surface area contributed by atoms with Gasteiger partial charge in [-0.3, -0.25) is 0 Å². The molecule has 1 atom stereocenters. The summed E-state index contributed by atoms with van der Waals surface area (Å²) in [5, 5.41) is 0. The number of halogens is 1. The van der Waals surface area contributed by atoms with Crippen molar-refractivity contribution in [2.75, 3.05) is 6.61 Å². The van der Waals surface area contributed by atoms with Gasteiger partial charge in [-0.1, -0.05) is 26.8 Å². The molecule has 0 aromatic heterocycles. The SMILES string of the molecule is CC(C)(C)C1COc2cccc(F)c21. The van der Waals surface area contributed by atoms with Gasteiger partial charge in [0.15, 0.2) is 0 Å². The Morgan fingerprint density at radius 3 is 2.71 bits per heavy atom. The molecular weight excluding hydrogens is 179 g/mol. The van der Waals surface area contributed by atoms with Gasteiger partial charge in [-0.25, -0.2) is 4.39 Å². The Morgan fingerprint density at radius 2 is 2.07 bits per heavy atom. The number of hydrogen-bond acceptors (Lipinski definition) is 1. The van der Waals surface area contributed by atoms with Crippen molar-refractivity contribution in [1.29, 1.82) is 0 Å². The van der Waals surface area contributed by atoms with Gasteiger partial charge in [0.25, 0.3) is 0 Å². The largest absolute Gasteiger partial charge is 0.493 e. The lowest BCUT2D eigenvalue weighted by Crippen LogP contribution is -2.20. The van der Waals surface area contributed by atoms with Gasteiger partial charge in [0.1, 0.15) is 11.6 Å². The summed E-state index contributed by atoms with van der Waals surface area (Å²) in [5.41, 5.74) is 0.799. The second-order valence-electron chi connectivity index (χ2n) is 4.88. The van der Waals surface area contributed by atoms with Gasteiger partial charge in [0, 0.05) is 11.5 Å². The highest BCUT2D eigenvalue weighted by molar-refractivity contribution is 5.41. The molecular formula is C12H15FO. The molecule has 2 heteroatoms. The van der Waals surface area contributed by atoms with E-state index in [0.717, 1.165) is 5.56 Å². The Labute approximate surface area is 83.9 Å². The van der Waals surface area contributed by atoms with Crippen molar-refractivity contribution in [2.24, 2.45) is 5.41 Å². The molecule has 0 bridgehead atoms. The first-order chi connectivity index (χ1) is 6.50. The van der Waals surface area contributed by atoms with Gasteiger partial charge >= 0.3 is 0 Å². The molecule has 0 radical (unpaired) electrons. The summed E-state index contributed by atoms with van der Waals surface area (Å²) in [5.74, 6) is 0.739. The van der Waals surface area contributed by atoms with E-state index < -0.39 is 0 Å². The van der Waals surface area contributed by atoms with Crippen molar-refractivity contribution < 1.29 is 9.13 Å². The van der Waals surface area contributed by atoms with E-state index >= 15 is 0 Å². The third kappa shape index (κ3) is 1.39. The fourth-order valence-corrected chi connectivity index (χ4v) is 1.92. The van der Waals surface area contributed by atoms with Crippen LogP contribution in [0.15, 0.2) is 18.2 Å². The fraction of sp³-hybridized carbons (Fsp3) is 0.500. The molecule has 0 amide bonds. The molecule has 0 spiro atoms. The van der Waals surface area contributed by atoms with E-state index in [1.807, 2.05) is 6.07 Å².